The van der Waals surface area contributed by atoms with Gasteiger partial charge in [0, 0.05) is 10.9 Å². The molecule has 96 valence electrons. The van der Waals surface area contributed by atoms with E-state index in [1.165, 1.54) is 29.5 Å². The van der Waals surface area contributed by atoms with E-state index in [9.17, 15) is 13.2 Å². The summed E-state index contributed by atoms with van der Waals surface area (Å²) >= 11 is 6.94. The highest BCUT2D eigenvalue weighted by atomic mass is 35.5. The van der Waals surface area contributed by atoms with E-state index in [0.717, 1.165) is 0 Å². The lowest BCUT2D eigenvalue weighted by Crippen LogP contribution is -2.17. The van der Waals surface area contributed by atoms with Crippen LogP contribution in [0, 0.1) is 0 Å². The van der Waals surface area contributed by atoms with E-state index in [4.69, 9.17) is 11.6 Å². The topological polar surface area (TPSA) is 22.1 Å². The molecule has 0 amide bonds. The molecular formula is C11H7ClF3NOS. The van der Waals surface area contributed by atoms with Crippen molar-refractivity contribution in [2.75, 3.05) is 0 Å². The smallest absolute Gasteiger partial charge is 0.406 e. The maximum atomic E-state index is 12.1. The minimum atomic E-state index is -4.69. The minimum absolute atomic E-state index is 0.261. The van der Waals surface area contributed by atoms with Crippen LogP contribution in [0.4, 0.5) is 13.2 Å². The molecule has 1 aromatic heterocycles. The average molecular weight is 294 g/mol. The lowest BCUT2D eigenvalue weighted by Gasteiger charge is -2.09. The highest BCUT2D eigenvalue weighted by Crippen LogP contribution is 2.29. The van der Waals surface area contributed by atoms with Crippen molar-refractivity contribution in [3.05, 3.63) is 35.3 Å². The monoisotopic (exact) mass is 293 g/mol. The van der Waals surface area contributed by atoms with Gasteiger partial charge in [-0.3, -0.25) is 0 Å². The second-order valence-electron chi connectivity index (χ2n) is 3.35. The molecule has 7 heteroatoms. The van der Waals surface area contributed by atoms with E-state index in [1.54, 1.807) is 11.4 Å². The molecule has 0 radical (unpaired) electrons. The van der Waals surface area contributed by atoms with Crippen LogP contribution in [0.3, 0.4) is 0 Å². The summed E-state index contributed by atoms with van der Waals surface area (Å²) < 4.78 is 40.1. The maximum Gasteiger partial charge on any atom is 0.573 e. The van der Waals surface area contributed by atoms with E-state index < -0.39 is 6.36 Å². The predicted octanol–water partition coefficient (Wildman–Crippen LogP) is 4.45. The van der Waals surface area contributed by atoms with Crippen LogP contribution < -0.4 is 4.74 Å². The highest BCUT2D eigenvalue weighted by Gasteiger charge is 2.31. The Hall–Kier alpha value is -1.27. The molecule has 0 spiro atoms. The van der Waals surface area contributed by atoms with Crippen LogP contribution >= 0.6 is 22.9 Å². The van der Waals surface area contributed by atoms with Crippen molar-refractivity contribution in [2.24, 2.45) is 0 Å². The number of ether oxygens (including phenoxy) is 1. The number of halogens is 4. The first kappa shape index (κ1) is 13.2. The molecular weight excluding hydrogens is 287 g/mol. The fourth-order valence-corrected chi connectivity index (χ4v) is 2.37. The molecule has 1 aromatic carbocycles. The Morgan fingerprint density at radius 1 is 1.33 bits per heavy atom. The van der Waals surface area contributed by atoms with Crippen molar-refractivity contribution >= 4 is 22.9 Å². The van der Waals surface area contributed by atoms with Gasteiger partial charge in [0.25, 0.3) is 0 Å². The van der Waals surface area contributed by atoms with Crippen LogP contribution in [-0.2, 0) is 5.88 Å². The quantitative estimate of drug-likeness (QED) is 0.780. The van der Waals surface area contributed by atoms with Crippen molar-refractivity contribution in [3.63, 3.8) is 0 Å². The molecule has 0 N–H and O–H groups in total. The fourth-order valence-electron chi connectivity index (χ4n) is 1.33. The van der Waals surface area contributed by atoms with Gasteiger partial charge in [0.05, 0.1) is 11.6 Å². The molecule has 0 aliphatic carbocycles. The van der Waals surface area contributed by atoms with E-state index in [2.05, 4.69) is 9.72 Å². The summed E-state index contributed by atoms with van der Waals surface area (Å²) in [6.07, 6.45) is -4.69. The summed E-state index contributed by atoms with van der Waals surface area (Å²) in [4.78, 5) is 4.19. The second kappa shape index (κ2) is 5.16. The summed E-state index contributed by atoms with van der Waals surface area (Å²) in [5.41, 5.74) is 1.26. The molecule has 0 unspecified atom stereocenters. The molecule has 0 saturated carbocycles. The molecule has 2 nitrogen and oxygen atoms in total. The average Bonchev–Trinajstić information content (AvgIpc) is 2.75. The Kier molecular flexibility index (Phi) is 3.77. The van der Waals surface area contributed by atoms with Crippen LogP contribution in [0.5, 0.6) is 5.75 Å². The van der Waals surface area contributed by atoms with Gasteiger partial charge in [0.2, 0.25) is 0 Å². The summed E-state index contributed by atoms with van der Waals surface area (Å²) in [7, 11) is 0. The summed E-state index contributed by atoms with van der Waals surface area (Å²) in [5, 5.41) is 2.37. The lowest BCUT2D eigenvalue weighted by molar-refractivity contribution is -0.274. The van der Waals surface area contributed by atoms with Crippen molar-refractivity contribution in [1.29, 1.82) is 0 Å². The molecule has 0 atom stereocenters. The van der Waals surface area contributed by atoms with Crippen LogP contribution in [0.2, 0.25) is 0 Å². The fraction of sp³-hybridized carbons (Fsp3) is 0.182. The van der Waals surface area contributed by atoms with Crippen molar-refractivity contribution in [1.82, 2.24) is 4.98 Å². The number of nitrogens with zero attached hydrogens (tertiary/aromatic N) is 1. The zero-order valence-electron chi connectivity index (χ0n) is 8.87. The minimum Gasteiger partial charge on any atom is -0.406 e. The molecule has 0 aliphatic rings. The number of hydrogen-bond donors (Lipinski definition) is 0. The van der Waals surface area contributed by atoms with Crippen molar-refractivity contribution in [2.45, 2.75) is 12.2 Å². The molecule has 0 bridgehead atoms. The first-order chi connectivity index (χ1) is 8.48. The summed E-state index contributed by atoms with van der Waals surface area (Å²) in [5.74, 6) is 0.0116. The molecule has 2 rings (SSSR count). The van der Waals surface area contributed by atoms with Gasteiger partial charge in [-0.05, 0) is 12.1 Å². The zero-order chi connectivity index (χ0) is 13.2. The predicted molar refractivity (Wildman–Crippen MR) is 63.8 cm³/mol. The van der Waals surface area contributed by atoms with Gasteiger partial charge < -0.3 is 4.74 Å². The molecule has 0 saturated heterocycles. The van der Waals surface area contributed by atoms with Gasteiger partial charge in [0.15, 0.2) is 0 Å². The van der Waals surface area contributed by atoms with Gasteiger partial charge >= 0.3 is 6.36 Å². The van der Waals surface area contributed by atoms with Gasteiger partial charge in [-0.15, -0.1) is 36.1 Å². The molecule has 0 fully saturated rings. The number of rotatable bonds is 3. The van der Waals surface area contributed by atoms with Crippen molar-refractivity contribution < 1.29 is 17.9 Å². The number of alkyl halides is 4. The first-order valence-electron chi connectivity index (χ1n) is 4.84. The third-order valence-electron chi connectivity index (χ3n) is 2.00. The first-order valence-corrected chi connectivity index (χ1v) is 6.26. The normalized spacial score (nSPS) is 11.6. The Balaban J connectivity index is 2.26. The summed E-state index contributed by atoms with van der Waals surface area (Å²) in [6, 6.07) is 5.69. The Bertz CT molecular complexity index is 541. The van der Waals surface area contributed by atoms with Crippen LogP contribution in [0.15, 0.2) is 29.6 Å². The third-order valence-corrected chi connectivity index (χ3v) is 3.22. The SMILES string of the molecule is FC(F)(F)Oc1cccc(-c2nc(CCl)cs2)c1. The number of hydrogen-bond acceptors (Lipinski definition) is 3. The van der Waals surface area contributed by atoms with E-state index in [0.29, 0.717) is 16.3 Å². The maximum absolute atomic E-state index is 12.1. The standard InChI is InChI=1S/C11H7ClF3NOS/c12-5-8-6-18-10(16-8)7-2-1-3-9(4-7)17-11(13,14)15/h1-4,6H,5H2. The highest BCUT2D eigenvalue weighted by molar-refractivity contribution is 7.13. The Morgan fingerprint density at radius 2 is 2.11 bits per heavy atom. The largest absolute Gasteiger partial charge is 0.573 e. The van der Waals surface area contributed by atoms with Crippen LogP contribution in [-0.4, -0.2) is 11.3 Å². The van der Waals surface area contributed by atoms with Gasteiger partial charge in [-0.1, -0.05) is 12.1 Å². The van der Waals surface area contributed by atoms with Crippen LogP contribution in [0.1, 0.15) is 5.69 Å². The molecule has 18 heavy (non-hydrogen) atoms. The molecule has 2 aromatic rings. The summed E-state index contributed by atoms with van der Waals surface area (Å²) in [6.45, 7) is 0. The number of thiazole rings is 1. The Labute approximate surface area is 110 Å². The van der Waals surface area contributed by atoms with E-state index in [1.807, 2.05) is 0 Å². The van der Waals surface area contributed by atoms with Gasteiger partial charge in [-0.25, -0.2) is 4.98 Å². The second-order valence-corrected chi connectivity index (χ2v) is 4.48. The molecule has 0 aliphatic heterocycles. The number of benzene rings is 1. The lowest BCUT2D eigenvalue weighted by atomic mass is 10.2. The Morgan fingerprint density at radius 3 is 2.72 bits per heavy atom. The number of aromatic nitrogens is 1. The van der Waals surface area contributed by atoms with E-state index >= 15 is 0 Å². The van der Waals surface area contributed by atoms with Gasteiger partial charge in [-0.2, -0.15) is 0 Å². The third kappa shape index (κ3) is 3.36. The van der Waals surface area contributed by atoms with Crippen molar-refractivity contribution in [3.8, 4) is 16.3 Å². The van der Waals surface area contributed by atoms with E-state index in [-0.39, 0.29) is 11.6 Å². The zero-order valence-corrected chi connectivity index (χ0v) is 10.4. The van der Waals surface area contributed by atoms with Crippen LogP contribution in [0.25, 0.3) is 10.6 Å². The van der Waals surface area contributed by atoms with Gasteiger partial charge in [0.1, 0.15) is 10.8 Å². The molecule has 1 heterocycles.